The maximum atomic E-state index is 13.8. The zero-order valence-corrected chi connectivity index (χ0v) is 16.1. The number of carboxylic acids is 1. The average molecular weight is 397 g/mol. The molecular weight excluding hydrogens is 373 g/mol. The van der Waals surface area contributed by atoms with Gasteiger partial charge in [-0.1, -0.05) is 36.4 Å². The van der Waals surface area contributed by atoms with Crippen LogP contribution in [-0.4, -0.2) is 23.3 Å². The number of aliphatic hydroxyl groups is 1. The van der Waals surface area contributed by atoms with Crippen molar-refractivity contribution < 1.29 is 24.1 Å². The van der Waals surface area contributed by atoms with Gasteiger partial charge in [-0.15, -0.1) is 0 Å². The summed E-state index contributed by atoms with van der Waals surface area (Å²) in [6, 6.07) is 19.5. The summed E-state index contributed by atoms with van der Waals surface area (Å²) in [6.07, 6.45) is -0.0959. The number of ether oxygens (including phenoxy) is 1. The lowest BCUT2D eigenvalue weighted by Crippen LogP contribution is -2.04. The first-order chi connectivity index (χ1) is 14.0. The highest BCUT2D eigenvalue weighted by atomic mass is 19.1. The largest absolute Gasteiger partial charge is 0.489 e. The summed E-state index contributed by atoms with van der Waals surface area (Å²) in [6.45, 7) is 0.553. The van der Waals surface area contributed by atoms with Gasteiger partial charge in [0.05, 0.1) is 6.42 Å². The Morgan fingerprint density at radius 2 is 1.69 bits per heavy atom. The van der Waals surface area contributed by atoms with E-state index in [2.05, 4.69) is 0 Å². The van der Waals surface area contributed by atoms with Gasteiger partial charge >= 0.3 is 5.97 Å². The van der Waals surface area contributed by atoms with Crippen molar-refractivity contribution in [1.82, 2.24) is 0 Å². The number of para-hydroxylation sites is 1. The maximum Gasteiger partial charge on any atom is 0.307 e. The number of carbonyl (C=O) groups is 1. The van der Waals surface area contributed by atoms with Gasteiger partial charge in [0.2, 0.25) is 0 Å². The molecule has 152 valence electrons. The molecule has 5 nitrogen and oxygen atoms in total. The monoisotopic (exact) mass is 397 g/mol. The smallest absolute Gasteiger partial charge is 0.307 e. The minimum atomic E-state index is -0.908. The van der Waals surface area contributed by atoms with Crippen LogP contribution < -0.4 is 10.5 Å². The fraction of sp³-hybridized carbons (Fsp3) is 0.174. The van der Waals surface area contributed by atoms with Gasteiger partial charge in [-0.3, -0.25) is 4.79 Å². The highest BCUT2D eigenvalue weighted by Crippen LogP contribution is 2.25. The van der Waals surface area contributed by atoms with Gasteiger partial charge in [-0.25, -0.2) is 4.39 Å². The molecule has 3 rings (SSSR count). The molecule has 0 amide bonds. The fourth-order valence-corrected chi connectivity index (χ4v) is 2.89. The van der Waals surface area contributed by atoms with Crippen molar-refractivity contribution in [3.63, 3.8) is 0 Å². The molecule has 0 fully saturated rings. The normalized spacial score (nSPS) is 10.1. The number of nitrogens with two attached hydrogens (primary N) is 1. The van der Waals surface area contributed by atoms with E-state index in [1.807, 2.05) is 30.3 Å². The van der Waals surface area contributed by atoms with Crippen molar-refractivity contribution in [3.8, 4) is 16.9 Å². The first kappa shape index (κ1) is 22.1. The topological polar surface area (TPSA) is 92.8 Å². The van der Waals surface area contributed by atoms with Crippen molar-refractivity contribution in [1.29, 1.82) is 0 Å². The number of halogens is 1. The highest BCUT2D eigenvalue weighted by molar-refractivity contribution is 5.71. The van der Waals surface area contributed by atoms with Crippen LogP contribution in [0.25, 0.3) is 11.1 Å². The van der Waals surface area contributed by atoms with Crippen LogP contribution in [0.2, 0.25) is 0 Å². The number of aliphatic hydroxyl groups excluding tert-OH is 1. The quantitative estimate of drug-likeness (QED) is 0.564. The Balaban J connectivity index is 0.00000145. The van der Waals surface area contributed by atoms with Crippen LogP contribution in [0.15, 0.2) is 66.7 Å². The third-order valence-electron chi connectivity index (χ3n) is 4.16. The lowest BCUT2D eigenvalue weighted by molar-refractivity contribution is -0.136. The molecule has 4 N–H and O–H groups in total. The molecule has 3 aromatic rings. The Hall–Kier alpha value is -3.22. The molecule has 0 atom stereocenters. The van der Waals surface area contributed by atoms with Crippen molar-refractivity contribution in [2.45, 2.75) is 19.6 Å². The molecule has 0 heterocycles. The van der Waals surface area contributed by atoms with Crippen LogP contribution in [-0.2, 0) is 24.4 Å². The Bertz CT molecular complexity index is 959. The Kier molecular flexibility index (Phi) is 8.33. The predicted octanol–water partition coefficient (Wildman–Crippen LogP) is 3.77. The third kappa shape index (κ3) is 6.41. The molecule has 0 aliphatic rings. The highest BCUT2D eigenvalue weighted by Gasteiger charge is 2.08. The molecular formula is C23H24FNO4. The molecule has 3 aromatic carbocycles. The van der Waals surface area contributed by atoms with Crippen molar-refractivity contribution in [3.05, 3.63) is 89.2 Å². The lowest BCUT2D eigenvalue weighted by Gasteiger charge is -2.12. The summed E-state index contributed by atoms with van der Waals surface area (Å²) in [5.41, 5.74) is 9.50. The standard InChI is InChI=1S/C22H20FNO3.CH4O/c23-20-10-16(13-24)9-19(11-20)17-6-3-4-15(8-17)14-27-21-7-2-1-5-18(21)12-22(25)26;1-2/h1-11H,12-14,24H2,(H,25,26);2H,1H3. The zero-order chi connectivity index (χ0) is 21.2. The number of hydrogen-bond donors (Lipinski definition) is 3. The van der Waals surface area contributed by atoms with Crippen LogP contribution in [0.4, 0.5) is 4.39 Å². The molecule has 0 spiro atoms. The number of carboxylic acid groups (broad SMARTS) is 1. The van der Waals surface area contributed by atoms with Crippen molar-refractivity contribution >= 4 is 5.97 Å². The van der Waals surface area contributed by atoms with Gasteiger partial charge in [0.15, 0.2) is 0 Å². The van der Waals surface area contributed by atoms with Gasteiger partial charge in [0, 0.05) is 19.2 Å². The molecule has 6 heteroatoms. The third-order valence-corrected chi connectivity index (χ3v) is 4.16. The molecule has 29 heavy (non-hydrogen) atoms. The first-order valence-electron chi connectivity index (χ1n) is 9.01. The molecule has 0 aromatic heterocycles. The number of benzene rings is 3. The molecule has 0 bridgehead atoms. The Morgan fingerprint density at radius 1 is 0.966 bits per heavy atom. The zero-order valence-electron chi connectivity index (χ0n) is 16.1. The van der Waals surface area contributed by atoms with E-state index in [1.165, 1.54) is 12.1 Å². The fourth-order valence-electron chi connectivity index (χ4n) is 2.89. The second-order valence-electron chi connectivity index (χ2n) is 6.22. The number of rotatable bonds is 7. The number of aliphatic carboxylic acids is 1. The summed E-state index contributed by atoms with van der Waals surface area (Å²) in [5.74, 6) is -0.687. The predicted molar refractivity (Wildman–Crippen MR) is 110 cm³/mol. The van der Waals surface area contributed by atoms with Crippen LogP contribution >= 0.6 is 0 Å². The van der Waals surface area contributed by atoms with E-state index in [0.717, 1.165) is 29.4 Å². The summed E-state index contributed by atoms with van der Waals surface area (Å²) >= 11 is 0. The maximum absolute atomic E-state index is 13.8. The molecule has 0 saturated heterocycles. The van der Waals surface area contributed by atoms with E-state index in [-0.39, 0.29) is 25.4 Å². The van der Waals surface area contributed by atoms with Crippen molar-refractivity contribution in [2.75, 3.05) is 7.11 Å². The van der Waals surface area contributed by atoms with Crippen LogP contribution in [0.5, 0.6) is 5.75 Å². The minimum Gasteiger partial charge on any atom is -0.489 e. The van der Waals surface area contributed by atoms with E-state index < -0.39 is 5.97 Å². The number of hydrogen-bond acceptors (Lipinski definition) is 4. The second kappa shape index (κ2) is 10.9. The van der Waals surface area contributed by atoms with E-state index in [4.69, 9.17) is 20.7 Å². The Morgan fingerprint density at radius 3 is 2.41 bits per heavy atom. The van der Waals surface area contributed by atoms with Gasteiger partial charge in [0.25, 0.3) is 0 Å². The summed E-state index contributed by atoms with van der Waals surface area (Å²) in [4.78, 5) is 11.0. The summed E-state index contributed by atoms with van der Waals surface area (Å²) in [7, 11) is 1.00. The summed E-state index contributed by atoms with van der Waals surface area (Å²) < 4.78 is 19.6. The molecule has 0 saturated carbocycles. The van der Waals surface area contributed by atoms with Crippen LogP contribution in [0.3, 0.4) is 0 Å². The van der Waals surface area contributed by atoms with E-state index >= 15 is 0 Å². The minimum absolute atomic E-state index is 0.0959. The SMILES string of the molecule is CO.NCc1cc(F)cc(-c2cccc(COc3ccccc3CC(=O)O)c2)c1. The van der Waals surface area contributed by atoms with Crippen LogP contribution in [0.1, 0.15) is 16.7 Å². The Labute approximate surface area is 169 Å². The molecule has 0 radical (unpaired) electrons. The van der Waals surface area contributed by atoms with E-state index in [9.17, 15) is 9.18 Å². The molecule has 0 unspecified atom stereocenters. The average Bonchev–Trinajstić information content (AvgIpc) is 2.74. The van der Waals surface area contributed by atoms with E-state index in [1.54, 1.807) is 24.3 Å². The van der Waals surface area contributed by atoms with Gasteiger partial charge in [0.1, 0.15) is 18.2 Å². The second-order valence-corrected chi connectivity index (χ2v) is 6.22. The van der Waals surface area contributed by atoms with Crippen molar-refractivity contribution in [2.24, 2.45) is 5.73 Å². The summed E-state index contributed by atoms with van der Waals surface area (Å²) in [5, 5.41) is 16.0. The molecule has 0 aliphatic heterocycles. The van der Waals surface area contributed by atoms with Gasteiger partial charge in [-0.2, -0.15) is 0 Å². The van der Waals surface area contributed by atoms with Gasteiger partial charge < -0.3 is 20.7 Å². The van der Waals surface area contributed by atoms with E-state index in [0.29, 0.717) is 11.3 Å². The van der Waals surface area contributed by atoms with Crippen LogP contribution in [0, 0.1) is 5.82 Å². The first-order valence-corrected chi connectivity index (χ1v) is 9.01. The van der Waals surface area contributed by atoms with Gasteiger partial charge in [-0.05, 0) is 52.6 Å². The lowest BCUT2D eigenvalue weighted by atomic mass is 10.0. The molecule has 0 aliphatic carbocycles.